The molecule has 0 aromatic rings. The molecule has 1 N–H and O–H groups in total. The highest BCUT2D eigenvalue weighted by atomic mass is 32.2. The highest BCUT2D eigenvalue weighted by Gasteiger charge is 1.81. The molecule has 0 saturated heterocycles. The van der Waals surface area contributed by atoms with Crippen molar-refractivity contribution in [3.63, 3.8) is 0 Å². The molecule has 6 heteroatoms. The minimum absolute atomic E-state index is 0. The van der Waals surface area contributed by atoms with E-state index in [-0.39, 0.29) is 14.6 Å². The van der Waals surface area contributed by atoms with Crippen LogP contribution in [0.25, 0.3) is 0 Å². The summed E-state index contributed by atoms with van der Waals surface area (Å²) in [5.74, 6) is 0. The Bertz CT molecular complexity index is 98.1. The highest BCUT2D eigenvalue weighted by Crippen LogP contribution is 1.60. The van der Waals surface area contributed by atoms with Crippen molar-refractivity contribution < 1.29 is 17.7 Å². The zero-order chi connectivity index (χ0) is 4.50. The summed E-state index contributed by atoms with van der Waals surface area (Å²) in [6.07, 6.45) is 0.715. The maximum Gasteiger partial charge on any atom is 0.261 e. The molecular formula is CH8FO3PS. The average Bonchev–Trinajstić information content (AvgIpc) is 0.722. The molecule has 0 fully saturated rings. The maximum atomic E-state index is 9.19. The van der Waals surface area contributed by atoms with Crippen LogP contribution in [0.4, 0.5) is 4.70 Å². The van der Waals surface area contributed by atoms with Crippen molar-refractivity contribution in [2.45, 2.75) is 0 Å². The maximum absolute atomic E-state index is 9.19. The molecule has 0 aliphatic rings. The third kappa shape index (κ3) is 1570. The highest BCUT2D eigenvalue weighted by molar-refractivity contribution is 7.85. The van der Waals surface area contributed by atoms with E-state index >= 15 is 0 Å². The molecule has 0 rings (SSSR count). The number of rotatable bonds is 0. The Morgan fingerprint density at radius 1 is 1.43 bits per heavy atom. The molecule has 0 aliphatic heterocycles. The summed E-state index contributed by atoms with van der Waals surface area (Å²) in [4.78, 5) is 0. The fraction of sp³-hybridized carbons (Fsp3) is 1.00. The Morgan fingerprint density at radius 2 is 1.43 bits per heavy atom. The lowest BCUT2D eigenvalue weighted by molar-refractivity contribution is 0.490. The molecule has 3 nitrogen and oxygen atoms in total. The van der Waals surface area contributed by atoms with Gasteiger partial charge in [0.05, 0.1) is 6.26 Å². The Morgan fingerprint density at radius 3 is 1.43 bits per heavy atom. The lowest BCUT2D eigenvalue weighted by atomic mass is 12.0. The lowest BCUT2D eigenvalue weighted by Crippen LogP contribution is -1.88. The number of hydrogen-bond donors (Lipinski definition) is 1. The second-order valence-corrected chi connectivity index (χ2v) is 2.20. The van der Waals surface area contributed by atoms with E-state index in [9.17, 15) is 8.42 Å². The van der Waals surface area contributed by atoms with E-state index in [0.717, 1.165) is 0 Å². The Balaban J connectivity index is -0.0000000800. The Kier molecular flexibility index (Phi) is 9.92. The standard InChI is InChI=1S/CH4O3S.FH.H3P/c1-5(2,3)4;;/h1H3,(H,2,3,4);1H;1H3. The lowest BCUT2D eigenvalue weighted by Gasteiger charge is -1.69. The van der Waals surface area contributed by atoms with Gasteiger partial charge in [-0.1, -0.05) is 0 Å². The van der Waals surface area contributed by atoms with E-state index in [1.165, 1.54) is 0 Å². The van der Waals surface area contributed by atoms with Crippen molar-refractivity contribution in [2.24, 2.45) is 0 Å². The van der Waals surface area contributed by atoms with Gasteiger partial charge in [-0.3, -0.25) is 9.26 Å². The van der Waals surface area contributed by atoms with Crippen molar-refractivity contribution in [2.75, 3.05) is 6.26 Å². The quantitative estimate of drug-likeness (QED) is 0.381. The molecule has 48 valence electrons. The van der Waals surface area contributed by atoms with Gasteiger partial charge in [0.1, 0.15) is 0 Å². The molecule has 0 amide bonds. The normalized spacial score (nSPS) is 8.29. The van der Waals surface area contributed by atoms with Gasteiger partial charge in [0.25, 0.3) is 10.1 Å². The monoisotopic (exact) mass is 150 g/mol. The largest absolute Gasteiger partial charge is 0.286 e. The van der Waals surface area contributed by atoms with Crippen molar-refractivity contribution in [3.05, 3.63) is 0 Å². The van der Waals surface area contributed by atoms with Crippen LogP contribution in [0.1, 0.15) is 0 Å². The summed E-state index contributed by atoms with van der Waals surface area (Å²) in [6, 6.07) is 0. The summed E-state index contributed by atoms with van der Waals surface area (Å²) >= 11 is 0. The zero-order valence-electron chi connectivity index (χ0n) is 3.79. The molecule has 7 heavy (non-hydrogen) atoms. The van der Waals surface area contributed by atoms with E-state index in [0.29, 0.717) is 6.26 Å². The zero-order valence-corrected chi connectivity index (χ0v) is 6.02. The average molecular weight is 150 g/mol. The van der Waals surface area contributed by atoms with Crippen molar-refractivity contribution in [1.82, 2.24) is 0 Å². The van der Waals surface area contributed by atoms with E-state index in [4.69, 9.17) is 4.55 Å². The summed E-state index contributed by atoms with van der Waals surface area (Å²) in [6.45, 7) is 0. The van der Waals surface area contributed by atoms with Crippen LogP contribution in [0.15, 0.2) is 0 Å². The van der Waals surface area contributed by atoms with Crippen LogP contribution < -0.4 is 0 Å². The van der Waals surface area contributed by atoms with E-state index in [2.05, 4.69) is 0 Å². The minimum Gasteiger partial charge on any atom is -0.286 e. The Labute approximate surface area is 44.8 Å². The van der Waals surface area contributed by atoms with E-state index < -0.39 is 10.1 Å². The SMILES string of the molecule is CS(=O)(=O)O.F.P. The summed E-state index contributed by atoms with van der Waals surface area (Å²) in [5.41, 5.74) is 0. The van der Waals surface area contributed by atoms with E-state index in [1.54, 1.807) is 0 Å². The van der Waals surface area contributed by atoms with Gasteiger partial charge in [-0.25, -0.2) is 0 Å². The van der Waals surface area contributed by atoms with Crippen molar-refractivity contribution in [3.8, 4) is 0 Å². The van der Waals surface area contributed by atoms with Gasteiger partial charge < -0.3 is 0 Å². The van der Waals surface area contributed by atoms with Crippen LogP contribution >= 0.6 is 9.90 Å². The van der Waals surface area contributed by atoms with Crippen LogP contribution in [0, 0.1) is 0 Å². The van der Waals surface area contributed by atoms with Crippen molar-refractivity contribution in [1.29, 1.82) is 0 Å². The predicted molar refractivity (Wildman–Crippen MR) is 31.1 cm³/mol. The van der Waals surface area contributed by atoms with Crippen LogP contribution in [0.3, 0.4) is 0 Å². The molecule has 0 spiro atoms. The third-order valence-electron chi connectivity index (χ3n) is 0. The second kappa shape index (κ2) is 4.43. The molecule has 1 unspecified atom stereocenters. The molecule has 0 bridgehead atoms. The van der Waals surface area contributed by atoms with Crippen LogP contribution in [0.2, 0.25) is 0 Å². The first-order valence-electron chi connectivity index (χ1n) is 0.924. The van der Waals surface area contributed by atoms with Gasteiger partial charge in [0.2, 0.25) is 0 Å². The Hall–Kier alpha value is 0.270. The minimum atomic E-state index is -3.67. The van der Waals surface area contributed by atoms with Gasteiger partial charge in [0, 0.05) is 0 Å². The second-order valence-electron chi connectivity index (χ2n) is 0.733. The van der Waals surface area contributed by atoms with E-state index in [1.807, 2.05) is 0 Å². The number of hydrogen-bond acceptors (Lipinski definition) is 2. The molecule has 0 aliphatic carbocycles. The van der Waals surface area contributed by atoms with Crippen molar-refractivity contribution >= 4 is 20.0 Å². The van der Waals surface area contributed by atoms with Gasteiger partial charge in [0.15, 0.2) is 0 Å². The fourth-order valence-electron chi connectivity index (χ4n) is 0. The smallest absolute Gasteiger partial charge is 0.261 e. The molecule has 0 radical (unpaired) electrons. The summed E-state index contributed by atoms with van der Waals surface area (Å²) in [7, 11) is -3.67. The van der Waals surface area contributed by atoms with Gasteiger partial charge >= 0.3 is 0 Å². The summed E-state index contributed by atoms with van der Waals surface area (Å²) in [5, 5.41) is 0. The third-order valence-corrected chi connectivity index (χ3v) is 0. The topological polar surface area (TPSA) is 54.4 Å². The fourth-order valence-corrected chi connectivity index (χ4v) is 0. The first kappa shape index (κ1) is 15.7. The van der Waals surface area contributed by atoms with Gasteiger partial charge in [-0.15, -0.1) is 0 Å². The van der Waals surface area contributed by atoms with Gasteiger partial charge in [-0.2, -0.15) is 18.3 Å². The van der Waals surface area contributed by atoms with Crippen LogP contribution in [0.5, 0.6) is 0 Å². The molecular weight excluding hydrogens is 142 g/mol. The molecule has 0 saturated carbocycles. The first-order valence-corrected chi connectivity index (χ1v) is 2.77. The summed E-state index contributed by atoms with van der Waals surface area (Å²) < 4.78 is 25.9. The number of halogens is 1. The van der Waals surface area contributed by atoms with Crippen LogP contribution in [-0.4, -0.2) is 19.2 Å². The van der Waals surface area contributed by atoms with Crippen LogP contribution in [-0.2, 0) is 10.1 Å². The molecule has 0 heterocycles. The predicted octanol–water partition coefficient (Wildman–Crippen LogP) is -0.285. The molecule has 1 atom stereocenters. The van der Waals surface area contributed by atoms with Gasteiger partial charge in [-0.05, 0) is 0 Å². The molecule has 0 aromatic carbocycles. The molecule has 0 aromatic heterocycles. The first-order chi connectivity index (χ1) is 2.00.